The molecule has 1 aliphatic rings. The van der Waals surface area contributed by atoms with E-state index >= 15 is 0 Å². The van der Waals surface area contributed by atoms with E-state index in [1.54, 1.807) is 30.3 Å². The lowest BCUT2D eigenvalue weighted by atomic mass is 10.1. The summed E-state index contributed by atoms with van der Waals surface area (Å²) in [4.78, 5) is 24.2. The van der Waals surface area contributed by atoms with Crippen LogP contribution in [0.25, 0.3) is 0 Å². The molecule has 2 N–H and O–H groups in total. The SMILES string of the molecule is CS(=O)(=O)c1cccc(C(=O)Nc2ccc(CC(=O)NC3CC3)cc2)c1. The van der Waals surface area contributed by atoms with Gasteiger partial charge in [0.1, 0.15) is 0 Å². The summed E-state index contributed by atoms with van der Waals surface area (Å²) in [7, 11) is -3.37. The number of rotatable bonds is 6. The van der Waals surface area contributed by atoms with Gasteiger partial charge in [0, 0.05) is 23.5 Å². The van der Waals surface area contributed by atoms with Crippen LogP contribution in [0, 0.1) is 0 Å². The summed E-state index contributed by atoms with van der Waals surface area (Å²) >= 11 is 0. The normalized spacial score (nSPS) is 13.9. The minimum Gasteiger partial charge on any atom is -0.353 e. The molecule has 6 nitrogen and oxygen atoms in total. The van der Waals surface area contributed by atoms with Crippen molar-refractivity contribution in [1.29, 1.82) is 0 Å². The summed E-state index contributed by atoms with van der Waals surface area (Å²) in [6, 6.07) is 13.2. The Bertz CT molecular complexity index is 932. The minimum absolute atomic E-state index is 0.00174. The van der Waals surface area contributed by atoms with Crippen molar-refractivity contribution < 1.29 is 18.0 Å². The molecule has 0 aliphatic heterocycles. The van der Waals surface area contributed by atoms with E-state index < -0.39 is 15.7 Å². The number of benzene rings is 2. The molecule has 2 amide bonds. The van der Waals surface area contributed by atoms with E-state index in [9.17, 15) is 18.0 Å². The van der Waals surface area contributed by atoms with Crippen LogP contribution in [-0.4, -0.2) is 32.5 Å². The molecule has 0 heterocycles. The van der Waals surface area contributed by atoms with Crippen LogP contribution in [0.3, 0.4) is 0 Å². The Kier molecular flexibility index (Phi) is 5.08. The quantitative estimate of drug-likeness (QED) is 0.813. The van der Waals surface area contributed by atoms with Crippen LogP contribution in [-0.2, 0) is 21.1 Å². The predicted octanol–water partition coefficient (Wildman–Crippen LogP) is 2.16. The fourth-order valence-electron chi connectivity index (χ4n) is 2.47. The average Bonchev–Trinajstić information content (AvgIpc) is 3.40. The van der Waals surface area contributed by atoms with Crippen LogP contribution < -0.4 is 10.6 Å². The lowest BCUT2D eigenvalue weighted by molar-refractivity contribution is -0.120. The molecule has 0 unspecified atom stereocenters. The molecule has 26 heavy (non-hydrogen) atoms. The molecule has 0 spiro atoms. The van der Waals surface area contributed by atoms with Crippen LogP contribution in [0.1, 0.15) is 28.8 Å². The number of amides is 2. The highest BCUT2D eigenvalue weighted by Gasteiger charge is 2.23. The molecule has 1 aliphatic carbocycles. The van der Waals surface area contributed by atoms with E-state index in [0.717, 1.165) is 24.7 Å². The number of sulfone groups is 1. The van der Waals surface area contributed by atoms with Gasteiger partial charge in [0.2, 0.25) is 5.91 Å². The maximum absolute atomic E-state index is 12.3. The summed E-state index contributed by atoms with van der Waals surface area (Å²) in [5, 5.41) is 5.66. The standard InChI is InChI=1S/C19H20N2O4S/c1-26(24,25)17-4-2-3-14(12-17)19(23)21-16-7-5-13(6-8-16)11-18(22)20-15-9-10-15/h2-8,12,15H,9-11H2,1H3,(H,20,22)(H,21,23). The van der Waals surface area contributed by atoms with Crippen molar-refractivity contribution >= 4 is 27.3 Å². The van der Waals surface area contributed by atoms with Gasteiger partial charge in [-0.3, -0.25) is 9.59 Å². The molecule has 1 saturated carbocycles. The van der Waals surface area contributed by atoms with Gasteiger partial charge in [0.15, 0.2) is 9.84 Å². The Hall–Kier alpha value is -2.67. The van der Waals surface area contributed by atoms with Crippen LogP contribution >= 0.6 is 0 Å². The zero-order valence-electron chi connectivity index (χ0n) is 14.4. The first-order valence-electron chi connectivity index (χ1n) is 8.31. The first-order valence-corrected chi connectivity index (χ1v) is 10.2. The zero-order chi connectivity index (χ0) is 18.7. The van der Waals surface area contributed by atoms with Gasteiger partial charge in [0.25, 0.3) is 5.91 Å². The minimum atomic E-state index is -3.37. The van der Waals surface area contributed by atoms with Crippen LogP contribution in [0.2, 0.25) is 0 Å². The summed E-state index contributed by atoms with van der Waals surface area (Å²) in [5.41, 5.74) is 1.70. The Morgan fingerprint density at radius 1 is 1.08 bits per heavy atom. The molecule has 0 saturated heterocycles. The number of hydrogen-bond acceptors (Lipinski definition) is 4. The molecule has 3 rings (SSSR count). The van der Waals surface area contributed by atoms with Crippen molar-refractivity contribution in [3.63, 3.8) is 0 Å². The van der Waals surface area contributed by atoms with Crippen LogP contribution in [0.15, 0.2) is 53.4 Å². The molecule has 0 atom stereocenters. The van der Waals surface area contributed by atoms with Gasteiger partial charge < -0.3 is 10.6 Å². The molecule has 1 fully saturated rings. The highest BCUT2D eigenvalue weighted by atomic mass is 32.2. The van der Waals surface area contributed by atoms with Gasteiger partial charge >= 0.3 is 0 Å². The number of nitrogens with one attached hydrogen (secondary N) is 2. The molecule has 2 aromatic carbocycles. The van der Waals surface area contributed by atoms with Crippen molar-refractivity contribution in [2.24, 2.45) is 0 Å². The van der Waals surface area contributed by atoms with Crippen molar-refractivity contribution in [3.05, 3.63) is 59.7 Å². The predicted molar refractivity (Wildman–Crippen MR) is 98.8 cm³/mol. The molecule has 2 aromatic rings. The Morgan fingerprint density at radius 3 is 2.38 bits per heavy atom. The van der Waals surface area contributed by atoms with Gasteiger partial charge in [-0.15, -0.1) is 0 Å². The van der Waals surface area contributed by atoms with E-state index in [1.807, 2.05) is 0 Å². The maximum Gasteiger partial charge on any atom is 0.255 e. The lowest BCUT2D eigenvalue weighted by Gasteiger charge is -2.08. The summed E-state index contributed by atoms with van der Waals surface area (Å²) in [6.45, 7) is 0. The van der Waals surface area contributed by atoms with E-state index in [2.05, 4.69) is 10.6 Å². The van der Waals surface area contributed by atoms with Gasteiger partial charge in [-0.05, 0) is 48.7 Å². The van der Waals surface area contributed by atoms with Crippen LogP contribution in [0.4, 0.5) is 5.69 Å². The van der Waals surface area contributed by atoms with Gasteiger partial charge in [0.05, 0.1) is 11.3 Å². The van der Waals surface area contributed by atoms with Gasteiger partial charge in [-0.2, -0.15) is 0 Å². The third-order valence-corrected chi connectivity index (χ3v) is 5.15. The van der Waals surface area contributed by atoms with Crippen molar-refractivity contribution in [3.8, 4) is 0 Å². The number of hydrogen-bond donors (Lipinski definition) is 2. The van der Waals surface area contributed by atoms with Gasteiger partial charge in [-0.1, -0.05) is 18.2 Å². The van der Waals surface area contributed by atoms with Gasteiger partial charge in [-0.25, -0.2) is 8.42 Å². The molecule has 0 radical (unpaired) electrons. The van der Waals surface area contributed by atoms with Crippen molar-refractivity contribution in [2.45, 2.75) is 30.2 Å². The number of carbonyl (C=O) groups excluding carboxylic acids is 2. The van der Waals surface area contributed by atoms with Crippen molar-refractivity contribution in [2.75, 3.05) is 11.6 Å². The Balaban J connectivity index is 1.63. The molecule has 7 heteroatoms. The molecule has 0 bridgehead atoms. The smallest absolute Gasteiger partial charge is 0.255 e. The summed E-state index contributed by atoms with van der Waals surface area (Å²) < 4.78 is 23.2. The molecule has 0 aromatic heterocycles. The van der Waals surface area contributed by atoms with E-state index in [4.69, 9.17) is 0 Å². The Morgan fingerprint density at radius 2 is 1.77 bits per heavy atom. The average molecular weight is 372 g/mol. The summed E-state index contributed by atoms with van der Waals surface area (Å²) in [6.07, 6.45) is 3.51. The summed E-state index contributed by atoms with van der Waals surface area (Å²) in [5.74, 6) is -0.392. The third-order valence-electron chi connectivity index (χ3n) is 4.04. The van der Waals surface area contributed by atoms with E-state index in [0.29, 0.717) is 18.2 Å². The second kappa shape index (κ2) is 7.29. The van der Waals surface area contributed by atoms with Crippen LogP contribution in [0.5, 0.6) is 0 Å². The second-order valence-corrected chi connectivity index (χ2v) is 8.49. The molecule has 136 valence electrons. The third kappa shape index (κ3) is 4.92. The zero-order valence-corrected chi connectivity index (χ0v) is 15.2. The monoisotopic (exact) mass is 372 g/mol. The second-order valence-electron chi connectivity index (χ2n) is 6.47. The van der Waals surface area contributed by atoms with E-state index in [1.165, 1.54) is 18.2 Å². The number of anilines is 1. The van der Waals surface area contributed by atoms with E-state index in [-0.39, 0.29) is 16.4 Å². The molecular formula is C19H20N2O4S. The topological polar surface area (TPSA) is 92.3 Å². The maximum atomic E-state index is 12.3. The highest BCUT2D eigenvalue weighted by molar-refractivity contribution is 7.90. The lowest BCUT2D eigenvalue weighted by Crippen LogP contribution is -2.26. The first kappa shape index (κ1) is 18.1. The fraction of sp³-hybridized carbons (Fsp3) is 0.263. The Labute approximate surface area is 152 Å². The first-order chi connectivity index (χ1) is 12.3. The van der Waals surface area contributed by atoms with Crippen molar-refractivity contribution in [1.82, 2.24) is 5.32 Å². The fourth-order valence-corrected chi connectivity index (χ4v) is 3.14. The largest absolute Gasteiger partial charge is 0.353 e. The molecular weight excluding hydrogens is 352 g/mol. The highest BCUT2D eigenvalue weighted by Crippen LogP contribution is 2.19. The number of carbonyl (C=O) groups is 2.